The molecule has 0 unspecified atom stereocenters. The highest BCUT2D eigenvalue weighted by atomic mass is 16.3. The normalized spacial score (nSPS) is 14.9. The van der Waals surface area contributed by atoms with Crippen molar-refractivity contribution in [2.24, 2.45) is 0 Å². The van der Waals surface area contributed by atoms with Crippen LogP contribution in [0.5, 0.6) is 0 Å². The minimum absolute atomic E-state index is 0.112. The van der Waals surface area contributed by atoms with Crippen LogP contribution in [-0.4, -0.2) is 5.91 Å². The summed E-state index contributed by atoms with van der Waals surface area (Å²) < 4.78 is 5.08. The largest absolute Gasteiger partial charge is 0.469 e. The van der Waals surface area contributed by atoms with Gasteiger partial charge in [-0.3, -0.25) is 4.79 Å². The molecule has 0 saturated carbocycles. The summed E-state index contributed by atoms with van der Waals surface area (Å²) >= 11 is 0. The number of allylic oxidation sites excluding steroid dienone is 3. The number of nitrogens with one attached hydrogen (secondary N) is 1. The van der Waals surface area contributed by atoms with Crippen molar-refractivity contribution in [2.75, 3.05) is 0 Å². The lowest BCUT2D eigenvalue weighted by atomic mass is 10.1. The Morgan fingerprint density at radius 2 is 2.33 bits per heavy atom. The SMILES string of the molecule is Cc1occc1C(=O)NC1=CCCC=C1. The zero-order valence-corrected chi connectivity index (χ0v) is 8.62. The average Bonchev–Trinajstić information content (AvgIpc) is 2.66. The first-order valence-electron chi connectivity index (χ1n) is 4.99. The summed E-state index contributed by atoms with van der Waals surface area (Å²) in [5, 5.41) is 2.84. The third-order valence-corrected chi connectivity index (χ3v) is 2.36. The number of hydrogen-bond donors (Lipinski definition) is 1. The van der Waals surface area contributed by atoms with Gasteiger partial charge in [0.1, 0.15) is 5.76 Å². The van der Waals surface area contributed by atoms with Crippen LogP contribution < -0.4 is 5.32 Å². The van der Waals surface area contributed by atoms with Gasteiger partial charge < -0.3 is 9.73 Å². The van der Waals surface area contributed by atoms with E-state index < -0.39 is 0 Å². The van der Waals surface area contributed by atoms with Crippen molar-refractivity contribution in [1.82, 2.24) is 5.32 Å². The van der Waals surface area contributed by atoms with Gasteiger partial charge in [0.2, 0.25) is 0 Å². The number of aryl methyl sites for hydroxylation is 1. The van der Waals surface area contributed by atoms with E-state index in [2.05, 4.69) is 11.4 Å². The molecule has 15 heavy (non-hydrogen) atoms. The monoisotopic (exact) mass is 203 g/mol. The summed E-state index contributed by atoms with van der Waals surface area (Å²) in [5.74, 6) is 0.534. The summed E-state index contributed by atoms with van der Waals surface area (Å²) in [6.07, 6.45) is 9.55. The zero-order chi connectivity index (χ0) is 10.7. The smallest absolute Gasteiger partial charge is 0.259 e. The Balaban J connectivity index is 2.07. The maximum atomic E-state index is 11.7. The van der Waals surface area contributed by atoms with Crippen LogP contribution >= 0.6 is 0 Å². The van der Waals surface area contributed by atoms with Crippen LogP contribution in [0.2, 0.25) is 0 Å². The molecule has 78 valence electrons. The molecular formula is C12H13NO2. The van der Waals surface area contributed by atoms with E-state index in [1.165, 1.54) is 6.26 Å². The summed E-state index contributed by atoms with van der Waals surface area (Å²) in [5.41, 5.74) is 1.46. The number of furan rings is 1. The molecule has 0 aromatic carbocycles. The molecule has 1 aromatic heterocycles. The van der Waals surface area contributed by atoms with E-state index in [0.717, 1.165) is 18.5 Å². The quantitative estimate of drug-likeness (QED) is 0.802. The Labute approximate surface area is 88.5 Å². The van der Waals surface area contributed by atoms with Gasteiger partial charge in [0.05, 0.1) is 11.8 Å². The highest BCUT2D eigenvalue weighted by molar-refractivity contribution is 5.96. The van der Waals surface area contributed by atoms with E-state index in [-0.39, 0.29) is 5.91 Å². The highest BCUT2D eigenvalue weighted by Crippen LogP contribution is 2.11. The molecule has 2 rings (SSSR count). The maximum absolute atomic E-state index is 11.7. The van der Waals surface area contributed by atoms with E-state index in [1.54, 1.807) is 13.0 Å². The number of amides is 1. The molecule has 1 aliphatic rings. The first kappa shape index (κ1) is 9.77. The summed E-state index contributed by atoms with van der Waals surface area (Å²) in [7, 11) is 0. The van der Waals surface area contributed by atoms with Gasteiger partial charge in [-0.15, -0.1) is 0 Å². The molecule has 1 amide bonds. The van der Waals surface area contributed by atoms with E-state index in [4.69, 9.17) is 4.42 Å². The van der Waals surface area contributed by atoms with E-state index in [1.807, 2.05) is 12.2 Å². The zero-order valence-electron chi connectivity index (χ0n) is 8.62. The van der Waals surface area contributed by atoms with Crippen LogP contribution in [-0.2, 0) is 0 Å². The molecule has 1 N–H and O–H groups in total. The summed E-state index contributed by atoms with van der Waals surface area (Å²) in [6.45, 7) is 1.78. The molecule has 1 aromatic rings. The molecular weight excluding hydrogens is 190 g/mol. The predicted molar refractivity (Wildman–Crippen MR) is 57.4 cm³/mol. The van der Waals surface area contributed by atoms with E-state index in [0.29, 0.717) is 11.3 Å². The second-order valence-electron chi connectivity index (χ2n) is 3.48. The van der Waals surface area contributed by atoms with Crippen molar-refractivity contribution in [3.63, 3.8) is 0 Å². The molecule has 0 atom stereocenters. The van der Waals surface area contributed by atoms with Crippen molar-refractivity contribution in [3.05, 3.63) is 47.6 Å². The molecule has 0 bridgehead atoms. The van der Waals surface area contributed by atoms with Crippen molar-refractivity contribution in [1.29, 1.82) is 0 Å². The molecule has 3 heteroatoms. The lowest BCUT2D eigenvalue weighted by Crippen LogP contribution is -2.22. The molecule has 0 spiro atoms. The van der Waals surface area contributed by atoms with Gasteiger partial charge in [-0.1, -0.05) is 12.2 Å². The Kier molecular flexibility index (Phi) is 2.72. The Bertz CT molecular complexity index is 427. The van der Waals surface area contributed by atoms with E-state index >= 15 is 0 Å². The molecule has 0 fully saturated rings. The molecule has 3 nitrogen and oxygen atoms in total. The Morgan fingerprint density at radius 3 is 2.93 bits per heavy atom. The topological polar surface area (TPSA) is 42.2 Å². The number of carbonyl (C=O) groups is 1. The van der Waals surface area contributed by atoms with Crippen molar-refractivity contribution in [3.8, 4) is 0 Å². The van der Waals surface area contributed by atoms with Gasteiger partial charge >= 0.3 is 0 Å². The minimum Gasteiger partial charge on any atom is -0.469 e. The lowest BCUT2D eigenvalue weighted by Gasteiger charge is -2.08. The summed E-state index contributed by atoms with van der Waals surface area (Å²) in [6, 6.07) is 1.68. The van der Waals surface area contributed by atoms with Gasteiger partial charge in [-0.25, -0.2) is 0 Å². The van der Waals surface area contributed by atoms with Gasteiger partial charge in [0.25, 0.3) is 5.91 Å². The van der Waals surface area contributed by atoms with Crippen LogP contribution in [0, 0.1) is 6.92 Å². The fourth-order valence-electron chi connectivity index (χ4n) is 1.53. The first-order chi connectivity index (χ1) is 7.27. The Hall–Kier alpha value is -1.77. The fraction of sp³-hybridized carbons (Fsp3) is 0.250. The first-order valence-corrected chi connectivity index (χ1v) is 4.99. The summed E-state index contributed by atoms with van der Waals surface area (Å²) in [4.78, 5) is 11.7. The molecule has 0 aliphatic heterocycles. The third-order valence-electron chi connectivity index (χ3n) is 2.36. The van der Waals surface area contributed by atoms with Crippen LogP contribution in [0.25, 0.3) is 0 Å². The number of rotatable bonds is 2. The van der Waals surface area contributed by atoms with Crippen LogP contribution in [0.4, 0.5) is 0 Å². The van der Waals surface area contributed by atoms with Crippen molar-refractivity contribution in [2.45, 2.75) is 19.8 Å². The minimum atomic E-state index is -0.112. The van der Waals surface area contributed by atoms with Crippen molar-refractivity contribution < 1.29 is 9.21 Å². The third kappa shape index (κ3) is 2.18. The molecule has 0 radical (unpaired) electrons. The van der Waals surface area contributed by atoms with Gasteiger partial charge in [-0.2, -0.15) is 0 Å². The standard InChI is InChI=1S/C12H13NO2/c1-9-11(7-8-15-9)12(14)13-10-5-3-2-4-6-10/h3,5-8H,2,4H2,1H3,(H,13,14). The number of hydrogen-bond acceptors (Lipinski definition) is 2. The lowest BCUT2D eigenvalue weighted by molar-refractivity contribution is 0.0965. The second kappa shape index (κ2) is 4.17. The fourth-order valence-corrected chi connectivity index (χ4v) is 1.53. The average molecular weight is 203 g/mol. The van der Waals surface area contributed by atoms with Crippen LogP contribution in [0.3, 0.4) is 0 Å². The van der Waals surface area contributed by atoms with Gasteiger partial charge in [-0.05, 0) is 31.9 Å². The predicted octanol–water partition coefficient (Wildman–Crippen LogP) is 2.55. The van der Waals surface area contributed by atoms with Crippen LogP contribution in [0.1, 0.15) is 29.0 Å². The number of carbonyl (C=O) groups excluding carboxylic acids is 1. The molecule has 0 saturated heterocycles. The highest BCUT2D eigenvalue weighted by Gasteiger charge is 2.11. The van der Waals surface area contributed by atoms with Crippen molar-refractivity contribution >= 4 is 5.91 Å². The van der Waals surface area contributed by atoms with E-state index in [9.17, 15) is 4.79 Å². The van der Waals surface area contributed by atoms with Gasteiger partial charge in [0.15, 0.2) is 0 Å². The van der Waals surface area contributed by atoms with Gasteiger partial charge in [0, 0.05) is 5.70 Å². The molecule has 1 heterocycles. The maximum Gasteiger partial charge on any atom is 0.259 e. The second-order valence-corrected chi connectivity index (χ2v) is 3.48. The Morgan fingerprint density at radius 1 is 1.47 bits per heavy atom. The van der Waals surface area contributed by atoms with Crippen LogP contribution in [0.15, 0.2) is 40.7 Å². The molecule has 1 aliphatic carbocycles.